The van der Waals surface area contributed by atoms with Crippen molar-refractivity contribution in [2.45, 2.75) is 19.4 Å². The lowest BCUT2D eigenvalue weighted by Crippen LogP contribution is -2.61. The van der Waals surface area contributed by atoms with Gasteiger partial charge < -0.3 is 15.1 Å². The quantitative estimate of drug-likeness (QED) is 0.786. The van der Waals surface area contributed by atoms with Crippen LogP contribution in [0.25, 0.3) is 0 Å². The van der Waals surface area contributed by atoms with Crippen LogP contribution >= 0.6 is 0 Å². The third-order valence-electron chi connectivity index (χ3n) is 4.58. The molecule has 124 valence electrons. The lowest BCUT2D eigenvalue weighted by Gasteiger charge is -2.43. The number of carbonyl (C=O) groups is 3. The summed E-state index contributed by atoms with van der Waals surface area (Å²) in [7, 11) is 3.36. The van der Waals surface area contributed by atoms with Crippen LogP contribution in [0.5, 0.6) is 0 Å². The summed E-state index contributed by atoms with van der Waals surface area (Å²) < 4.78 is 1.62. The zero-order valence-electron chi connectivity index (χ0n) is 13.6. The molecule has 1 aromatic rings. The molecule has 0 saturated carbocycles. The molecule has 2 fully saturated rings. The van der Waals surface area contributed by atoms with Gasteiger partial charge in [0.25, 0.3) is 5.91 Å². The lowest BCUT2D eigenvalue weighted by atomic mass is 10.1. The van der Waals surface area contributed by atoms with Gasteiger partial charge in [0.2, 0.25) is 11.8 Å². The van der Waals surface area contributed by atoms with Gasteiger partial charge in [0, 0.05) is 51.9 Å². The normalized spacial score (nSPS) is 21.5. The lowest BCUT2D eigenvalue weighted by molar-refractivity contribution is -0.132. The van der Waals surface area contributed by atoms with Crippen molar-refractivity contribution in [3.8, 4) is 0 Å². The predicted octanol–water partition coefficient (Wildman–Crippen LogP) is -0.853. The molecule has 0 radical (unpaired) electrons. The molecular weight excluding hydrogens is 298 g/mol. The Hall–Kier alpha value is -2.38. The fourth-order valence-electron chi connectivity index (χ4n) is 3.25. The van der Waals surface area contributed by atoms with Crippen LogP contribution in [0.15, 0.2) is 6.20 Å². The Bertz CT molecular complexity index is 662. The van der Waals surface area contributed by atoms with Crippen LogP contribution in [0.2, 0.25) is 0 Å². The first-order valence-electron chi connectivity index (χ1n) is 7.71. The number of aromatic nitrogens is 2. The monoisotopic (exact) mass is 319 g/mol. The van der Waals surface area contributed by atoms with E-state index in [-0.39, 0.29) is 36.1 Å². The molecule has 1 atom stereocenters. The molecule has 0 spiro atoms. The van der Waals surface area contributed by atoms with E-state index in [1.807, 2.05) is 13.1 Å². The Balaban J connectivity index is 1.59. The van der Waals surface area contributed by atoms with Gasteiger partial charge in [0.1, 0.15) is 0 Å². The molecule has 3 heterocycles. The molecule has 1 aromatic heterocycles. The zero-order chi connectivity index (χ0) is 16.7. The summed E-state index contributed by atoms with van der Waals surface area (Å²) in [5.74, 6) is -0.494. The largest absolute Gasteiger partial charge is 0.359 e. The first-order valence-corrected chi connectivity index (χ1v) is 7.71. The van der Waals surface area contributed by atoms with Gasteiger partial charge >= 0.3 is 0 Å². The number of likely N-dealkylation sites (tertiary alicyclic amines) is 2. The molecule has 3 amide bonds. The maximum Gasteiger partial charge on any atom is 0.274 e. The summed E-state index contributed by atoms with van der Waals surface area (Å²) >= 11 is 0. The van der Waals surface area contributed by atoms with Crippen LogP contribution in [0.4, 0.5) is 0 Å². The highest BCUT2D eigenvalue weighted by atomic mass is 16.2. The zero-order valence-corrected chi connectivity index (χ0v) is 13.6. The molecular formula is C15H21N5O3. The minimum atomic E-state index is -0.282. The molecule has 8 heteroatoms. The minimum Gasteiger partial charge on any atom is -0.359 e. The molecule has 0 bridgehead atoms. The van der Waals surface area contributed by atoms with Crippen LogP contribution in [0.3, 0.4) is 0 Å². The Morgan fingerprint density at radius 3 is 2.57 bits per heavy atom. The predicted molar refractivity (Wildman–Crippen MR) is 81.5 cm³/mol. The smallest absolute Gasteiger partial charge is 0.274 e. The van der Waals surface area contributed by atoms with Crippen LogP contribution < -0.4 is 5.32 Å². The van der Waals surface area contributed by atoms with Gasteiger partial charge in [-0.3, -0.25) is 19.1 Å². The van der Waals surface area contributed by atoms with Crippen LogP contribution in [0.1, 0.15) is 22.5 Å². The van der Waals surface area contributed by atoms with Crippen molar-refractivity contribution in [1.82, 2.24) is 24.9 Å². The molecule has 1 unspecified atom stereocenters. The summed E-state index contributed by atoms with van der Waals surface area (Å²) in [6, 6.07) is 0.00474. The average molecular weight is 319 g/mol. The summed E-state index contributed by atoms with van der Waals surface area (Å²) in [4.78, 5) is 39.6. The molecule has 0 aliphatic carbocycles. The second-order valence-electron chi connectivity index (χ2n) is 6.26. The Morgan fingerprint density at radius 1 is 1.30 bits per heavy atom. The van der Waals surface area contributed by atoms with Crippen molar-refractivity contribution in [2.24, 2.45) is 13.0 Å². The molecule has 2 saturated heterocycles. The van der Waals surface area contributed by atoms with E-state index in [9.17, 15) is 14.4 Å². The summed E-state index contributed by atoms with van der Waals surface area (Å²) in [6.45, 7) is 3.30. The summed E-state index contributed by atoms with van der Waals surface area (Å²) in [6.07, 6.45) is 2.06. The highest BCUT2D eigenvalue weighted by Gasteiger charge is 2.43. The fraction of sp³-hybridized carbons (Fsp3) is 0.600. The topological polar surface area (TPSA) is 87.5 Å². The van der Waals surface area contributed by atoms with Gasteiger partial charge in [-0.2, -0.15) is 5.10 Å². The van der Waals surface area contributed by atoms with Gasteiger partial charge in [-0.15, -0.1) is 0 Å². The van der Waals surface area contributed by atoms with Crippen molar-refractivity contribution in [1.29, 1.82) is 0 Å². The van der Waals surface area contributed by atoms with Gasteiger partial charge in [-0.1, -0.05) is 0 Å². The molecule has 2 aliphatic heterocycles. The summed E-state index contributed by atoms with van der Waals surface area (Å²) in [5.41, 5.74) is 1.31. The first-order chi connectivity index (χ1) is 10.9. The Morgan fingerprint density at radius 2 is 2.00 bits per heavy atom. The highest BCUT2D eigenvalue weighted by molar-refractivity contribution is 5.94. The minimum absolute atomic E-state index is 0.00474. The van der Waals surface area contributed by atoms with E-state index in [1.165, 1.54) is 0 Å². The van der Waals surface area contributed by atoms with Crippen LogP contribution in [-0.4, -0.2) is 70.0 Å². The number of carbonyl (C=O) groups excluding carboxylic acids is 3. The van der Waals surface area contributed by atoms with E-state index in [1.54, 1.807) is 28.6 Å². The maximum absolute atomic E-state index is 12.4. The number of rotatable bonds is 3. The second-order valence-corrected chi connectivity index (χ2v) is 6.26. The molecule has 0 aromatic carbocycles. The van der Waals surface area contributed by atoms with E-state index in [0.29, 0.717) is 25.3 Å². The standard InChI is InChI=1S/C15H21N5O3/c1-9-5-18(3)17-13(9)15(23)19-7-11(8-19)20-6-10(4-12(20)21)14(22)16-2/h5,10-11H,4,6-8H2,1-3H3,(H,16,22). The number of hydrogen-bond donors (Lipinski definition) is 1. The SMILES string of the molecule is CNC(=O)C1CC(=O)N(C2CN(C(=O)c3nn(C)cc3C)C2)C1. The fourth-order valence-corrected chi connectivity index (χ4v) is 3.25. The number of nitrogens with one attached hydrogen (secondary N) is 1. The van der Waals surface area contributed by atoms with E-state index in [2.05, 4.69) is 10.4 Å². The number of nitrogens with zero attached hydrogens (tertiary/aromatic N) is 4. The first kappa shape index (κ1) is 15.5. The molecule has 8 nitrogen and oxygen atoms in total. The van der Waals surface area contributed by atoms with E-state index >= 15 is 0 Å². The molecule has 3 rings (SSSR count). The maximum atomic E-state index is 12.4. The van der Waals surface area contributed by atoms with Crippen LogP contribution in [0, 0.1) is 12.8 Å². The number of amides is 3. The van der Waals surface area contributed by atoms with Gasteiger partial charge in [-0.25, -0.2) is 0 Å². The van der Waals surface area contributed by atoms with Gasteiger partial charge in [0.15, 0.2) is 5.69 Å². The third kappa shape index (κ3) is 2.69. The van der Waals surface area contributed by atoms with E-state index in [0.717, 1.165) is 5.56 Å². The summed E-state index contributed by atoms with van der Waals surface area (Å²) in [5, 5.41) is 6.78. The number of aryl methyl sites for hydroxylation is 2. The third-order valence-corrected chi connectivity index (χ3v) is 4.58. The van der Waals surface area contributed by atoms with Crippen molar-refractivity contribution in [3.05, 3.63) is 17.5 Å². The van der Waals surface area contributed by atoms with Crippen molar-refractivity contribution >= 4 is 17.7 Å². The number of hydrogen-bond acceptors (Lipinski definition) is 4. The van der Waals surface area contributed by atoms with Gasteiger partial charge in [-0.05, 0) is 6.92 Å². The molecule has 2 aliphatic rings. The van der Waals surface area contributed by atoms with E-state index < -0.39 is 0 Å². The second kappa shape index (κ2) is 5.68. The Kier molecular flexibility index (Phi) is 3.83. The molecule has 1 N–H and O–H groups in total. The van der Waals surface area contributed by atoms with Crippen molar-refractivity contribution in [3.63, 3.8) is 0 Å². The van der Waals surface area contributed by atoms with Gasteiger partial charge in [0.05, 0.1) is 12.0 Å². The van der Waals surface area contributed by atoms with Crippen LogP contribution in [-0.2, 0) is 16.6 Å². The molecule has 23 heavy (non-hydrogen) atoms. The van der Waals surface area contributed by atoms with Crippen molar-refractivity contribution in [2.75, 3.05) is 26.7 Å². The Labute approximate surface area is 134 Å². The van der Waals surface area contributed by atoms with Crippen molar-refractivity contribution < 1.29 is 14.4 Å². The van der Waals surface area contributed by atoms with E-state index in [4.69, 9.17) is 0 Å². The highest BCUT2D eigenvalue weighted by Crippen LogP contribution is 2.26. The average Bonchev–Trinajstić information content (AvgIpc) is 2.99.